The van der Waals surface area contributed by atoms with Gasteiger partial charge in [-0.3, -0.25) is 4.90 Å². The molecular formula is C17H22ClN3. The third kappa shape index (κ3) is 3.58. The van der Waals surface area contributed by atoms with Crippen LogP contribution in [-0.4, -0.2) is 30.6 Å². The summed E-state index contributed by atoms with van der Waals surface area (Å²) >= 11 is 6.30. The van der Waals surface area contributed by atoms with Gasteiger partial charge in [-0.2, -0.15) is 5.26 Å². The average molecular weight is 304 g/mol. The highest BCUT2D eigenvalue weighted by atomic mass is 35.5. The van der Waals surface area contributed by atoms with Crippen molar-refractivity contribution < 1.29 is 0 Å². The van der Waals surface area contributed by atoms with E-state index in [4.69, 9.17) is 16.9 Å². The summed E-state index contributed by atoms with van der Waals surface area (Å²) in [6, 6.07) is 8.48. The molecule has 21 heavy (non-hydrogen) atoms. The second-order valence-corrected chi connectivity index (χ2v) is 6.67. The minimum Gasteiger partial charge on any atom is -0.314 e. The number of hydrogen-bond acceptors (Lipinski definition) is 3. The Hall–Kier alpha value is -1.08. The Morgan fingerprint density at radius 3 is 2.95 bits per heavy atom. The normalized spacial score (nSPS) is 26.7. The van der Waals surface area contributed by atoms with Gasteiger partial charge in [-0.25, -0.2) is 0 Å². The largest absolute Gasteiger partial charge is 0.314 e. The zero-order valence-corrected chi connectivity index (χ0v) is 13.1. The van der Waals surface area contributed by atoms with Crippen molar-refractivity contribution in [3.8, 4) is 6.07 Å². The maximum atomic E-state index is 8.90. The Morgan fingerprint density at radius 2 is 2.24 bits per heavy atom. The molecule has 2 heterocycles. The van der Waals surface area contributed by atoms with E-state index in [9.17, 15) is 0 Å². The van der Waals surface area contributed by atoms with Crippen LogP contribution in [0.15, 0.2) is 18.2 Å². The van der Waals surface area contributed by atoms with E-state index in [1.165, 1.54) is 32.2 Å². The molecule has 0 aromatic heterocycles. The predicted molar refractivity (Wildman–Crippen MR) is 85.2 cm³/mol. The zero-order valence-electron chi connectivity index (χ0n) is 12.3. The molecule has 0 spiro atoms. The van der Waals surface area contributed by atoms with Gasteiger partial charge < -0.3 is 5.32 Å². The Labute approximate surface area is 131 Å². The molecule has 1 aromatic carbocycles. The molecular weight excluding hydrogens is 282 g/mol. The number of piperidine rings is 1. The van der Waals surface area contributed by atoms with E-state index >= 15 is 0 Å². The van der Waals surface area contributed by atoms with Crippen LogP contribution in [0.1, 0.15) is 36.8 Å². The number of likely N-dealkylation sites (tertiary alicyclic amines) is 1. The van der Waals surface area contributed by atoms with Crippen LogP contribution < -0.4 is 5.32 Å². The first-order valence-corrected chi connectivity index (χ1v) is 8.28. The smallest absolute Gasteiger partial charge is 0.0992 e. The Kier molecular flexibility index (Phi) is 4.80. The van der Waals surface area contributed by atoms with E-state index in [1.807, 2.05) is 12.1 Å². The van der Waals surface area contributed by atoms with Crippen LogP contribution >= 0.6 is 11.6 Å². The maximum Gasteiger partial charge on any atom is 0.0992 e. The second-order valence-electron chi connectivity index (χ2n) is 6.26. The molecule has 4 heteroatoms. The lowest BCUT2D eigenvalue weighted by molar-refractivity contribution is 0.145. The summed E-state index contributed by atoms with van der Waals surface area (Å²) in [5, 5.41) is 13.3. The fourth-order valence-corrected chi connectivity index (χ4v) is 3.90. The molecule has 0 bridgehead atoms. The predicted octanol–water partition coefficient (Wildman–Crippen LogP) is 3.18. The van der Waals surface area contributed by atoms with Gasteiger partial charge in [0.05, 0.1) is 11.6 Å². The quantitative estimate of drug-likeness (QED) is 0.932. The van der Waals surface area contributed by atoms with Gasteiger partial charge >= 0.3 is 0 Å². The van der Waals surface area contributed by atoms with Crippen molar-refractivity contribution >= 4 is 11.6 Å². The molecule has 0 saturated carbocycles. The molecule has 2 unspecified atom stereocenters. The van der Waals surface area contributed by atoms with Crippen molar-refractivity contribution in [3.05, 3.63) is 34.3 Å². The molecule has 2 saturated heterocycles. The molecule has 2 aliphatic rings. The lowest BCUT2D eigenvalue weighted by Gasteiger charge is -2.36. The first-order chi connectivity index (χ1) is 10.3. The molecule has 0 amide bonds. The van der Waals surface area contributed by atoms with Gasteiger partial charge in [-0.05, 0) is 62.4 Å². The van der Waals surface area contributed by atoms with E-state index in [-0.39, 0.29) is 0 Å². The molecule has 112 valence electrons. The summed E-state index contributed by atoms with van der Waals surface area (Å²) in [6.07, 6.45) is 5.27. The first-order valence-electron chi connectivity index (χ1n) is 7.90. The third-order valence-electron chi connectivity index (χ3n) is 4.79. The van der Waals surface area contributed by atoms with Crippen LogP contribution in [0.4, 0.5) is 0 Å². The minimum absolute atomic E-state index is 0.635. The summed E-state index contributed by atoms with van der Waals surface area (Å²) in [5.41, 5.74) is 1.77. The number of nitrogens with one attached hydrogen (secondary N) is 1. The standard InChI is InChI=1S/C17H22ClN3/c18-16-9-13(10-19)5-6-14(16)11-21-8-2-3-15(12-21)17-4-1-7-20-17/h5-6,9,15,17,20H,1-4,7-8,11-12H2. The zero-order chi connectivity index (χ0) is 14.7. The summed E-state index contributed by atoms with van der Waals surface area (Å²) in [7, 11) is 0. The lowest BCUT2D eigenvalue weighted by Crippen LogP contribution is -2.43. The highest BCUT2D eigenvalue weighted by Crippen LogP contribution is 2.27. The summed E-state index contributed by atoms with van der Waals surface area (Å²) in [5.74, 6) is 0.776. The molecule has 3 nitrogen and oxygen atoms in total. The highest BCUT2D eigenvalue weighted by Gasteiger charge is 2.29. The van der Waals surface area contributed by atoms with Crippen LogP contribution in [0.3, 0.4) is 0 Å². The van der Waals surface area contributed by atoms with E-state index < -0.39 is 0 Å². The van der Waals surface area contributed by atoms with Crippen molar-refractivity contribution in [2.24, 2.45) is 5.92 Å². The average Bonchev–Trinajstić information content (AvgIpc) is 3.04. The van der Waals surface area contributed by atoms with Gasteiger partial charge in [0.15, 0.2) is 0 Å². The van der Waals surface area contributed by atoms with E-state index in [0.717, 1.165) is 36.1 Å². The van der Waals surface area contributed by atoms with E-state index in [2.05, 4.69) is 16.3 Å². The van der Waals surface area contributed by atoms with Gasteiger partial charge in [-0.15, -0.1) is 0 Å². The van der Waals surface area contributed by atoms with E-state index in [0.29, 0.717) is 11.6 Å². The number of halogens is 1. The molecule has 1 N–H and O–H groups in total. The SMILES string of the molecule is N#Cc1ccc(CN2CCCC(C3CCCN3)C2)c(Cl)c1. The van der Waals surface area contributed by atoms with Crippen LogP contribution in [0, 0.1) is 17.2 Å². The van der Waals surface area contributed by atoms with Crippen LogP contribution in [0.5, 0.6) is 0 Å². The van der Waals surface area contributed by atoms with Crippen molar-refractivity contribution in [2.75, 3.05) is 19.6 Å². The molecule has 2 fully saturated rings. The monoisotopic (exact) mass is 303 g/mol. The molecule has 2 aliphatic heterocycles. The number of nitrogens with zero attached hydrogens (tertiary/aromatic N) is 2. The maximum absolute atomic E-state index is 8.90. The Balaban J connectivity index is 1.63. The van der Waals surface area contributed by atoms with Crippen LogP contribution in [0.25, 0.3) is 0 Å². The summed E-state index contributed by atoms with van der Waals surface area (Å²) in [6.45, 7) is 4.39. The number of benzene rings is 1. The fraction of sp³-hybridized carbons (Fsp3) is 0.588. The molecule has 0 radical (unpaired) electrons. The van der Waals surface area contributed by atoms with Gasteiger partial charge in [0.25, 0.3) is 0 Å². The number of rotatable bonds is 3. The molecule has 3 rings (SSSR count). The summed E-state index contributed by atoms with van der Waals surface area (Å²) in [4.78, 5) is 2.52. The van der Waals surface area contributed by atoms with Crippen molar-refractivity contribution in [1.29, 1.82) is 5.26 Å². The number of nitriles is 1. The van der Waals surface area contributed by atoms with Crippen molar-refractivity contribution in [2.45, 2.75) is 38.3 Å². The Morgan fingerprint density at radius 1 is 1.33 bits per heavy atom. The van der Waals surface area contributed by atoms with Gasteiger partial charge in [-0.1, -0.05) is 17.7 Å². The highest BCUT2D eigenvalue weighted by molar-refractivity contribution is 6.31. The molecule has 1 aromatic rings. The van der Waals surface area contributed by atoms with Crippen molar-refractivity contribution in [1.82, 2.24) is 10.2 Å². The number of hydrogen-bond donors (Lipinski definition) is 1. The minimum atomic E-state index is 0.635. The van der Waals surface area contributed by atoms with Crippen LogP contribution in [0.2, 0.25) is 5.02 Å². The van der Waals surface area contributed by atoms with Crippen LogP contribution in [-0.2, 0) is 6.54 Å². The molecule has 2 atom stereocenters. The fourth-order valence-electron chi connectivity index (χ4n) is 3.66. The topological polar surface area (TPSA) is 39.1 Å². The van der Waals surface area contributed by atoms with Crippen molar-refractivity contribution in [3.63, 3.8) is 0 Å². The van der Waals surface area contributed by atoms with E-state index in [1.54, 1.807) is 6.07 Å². The first kappa shape index (κ1) is 14.8. The summed E-state index contributed by atoms with van der Waals surface area (Å²) < 4.78 is 0. The van der Waals surface area contributed by atoms with Gasteiger partial charge in [0.2, 0.25) is 0 Å². The lowest BCUT2D eigenvalue weighted by atomic mass is 9.89. The molecule has 0 aliphatic carbocycles. The Bertz CT molecular complexity index is 531. The van der Waals surface area contributed by atoms with Gasteiger partial charge in [0, 0.05) is 24.2 Å². The third-order valence-corrected chi connectivity index (χ3v) is 5.14. The second kappa shape index (κ2) is 6.79. The van der Waals surface area contributed by atoms with Gasteiger partial charge in [0.1, 0.15) is 0 Å².